The van der Waals surface area contributed by atoms with Crippen LogP contribution >= 0.6 is 0 Å². The molecule has 0 N–H and O–H groups in total. The van der Waals surface area contributed by atoms with Crippen LogP contribution in [-0.4, -0.2) is 136 Å². The number of rotatable bonds is 33. The zero-order valence-electron chi connectivity index (χ0n) is 30.8. The highest BCUT2D eigenvalue weighted by Gasteiger charge is 2.51. The first kappa shape index (κ1) is 43.5. The van der Waals surface area contributed by atoms with Gasteiger partial charge >= 0.3 is 7.12 Å². The molecule has 0 saturated carbocycles. The molecule has 0 amide bonds. The van der Waals surface area contributed by atoms with E-state index in [0.717, 1.165) is 30.5 Å². The molecule has 0 aliphatic carbocycles. The smallest absolute Gasteiger partial charge is 0.494 e. The van der Waals surface area contributed by atoms with Crippen molar-refractivity contribution in [3.05, 3.63) is 24.3 Å². The third kappa shape index (κ3) is 20.7. The number of ketones is 1. The van der Waals surface area contributed by atoms with Crippen molar-refractivity contribution in [2.45, 2.75) is 77.9 Å². The fourth-order valence-electron chi connectivity index (χ4n) is 4.49. The molecular formula is C36H63BO12. The second-order valence-electron chi connectivity index (χ2n) is 12.6. The largest absolute Gasteiger partial charge is 0.494 e. The minimum Gasteiger partial charge on any atom is -0.494 e. The molecule has 0 atom stereocenters. The number of hydrogen-bond donors (Lipinski definition) is 0. The molecule has 0 bridgehead atoms. The van der Waals surface area contributed by atoms with Crippen LogP contribution in [0.3, 0.4) is 0 Å². The van der Waals surface area contributed by atoms with Gasteiger partial charge in [0.05, 0.1) is 117 Å². The molecule has 1 fully saturated rings. The summed E-state index contributed by atoms with van der Waals surface area (Å²) in [5, 5.41) is 0. The highest BCUT2D eigenvalue weighted by Crippen LogP contribution is 2.36. The number of unbranched alkanes of at least 4 members (excludes halogenated alkanes) is 2. The van der Waals surface area contributed by atoms with Gasteiger partial charge in [0.1, 0.15) is 11.5 Å². The van der Waals surface area contributed by atoms with Crippen molar-refractivity contribution in [3.8, 4) is 5.75 Å². The molecule has 0 spiro atoms. The molecule has 0 unspecified atom stereocenters. The van der Waals surface area contributed by atoms with E-state index < -0.39 is 0 Å². The zero-order valence-corrected chi connectivity index (χ0v) is 30.8. The Morgan fingerprint density at radius 2 is 0.939 bits per heavy atom. The van der Waals surface area contributed by atoms with E-state index in [9.17, 15) is 4.79 Å². The maximum Gasteiger partial charge on any atom is 0.494 e. The first-order chi connectivity index (χ1) is 23.7. The van der Waals surface area contributed by atoms with Crippen LogP contribution in [0.2, 0.25) is 0 Å². The van der Waals surface area contributed by atoms with E-state index in [4.69, 9.17) is 51.9 Å². The Morgan fingerprint density at radius 1 is 0.531 bits per heavy atom. The summed E-state index contributed by atoms with van der Waals surface area (Å²) in [5.74, 6) is 1.04. The first-order valence-electron chi connectivity index (χ1n) is 18.0. The number of carbonyl (C=O) groups excluding carboxylic acids is 1. The van der Waals surface area contributed by atoms with Gasteiger partial charge in [0.25, 0.3) is 0 Å². The fraction of sp³-hybridized carbons (Fsp3) is 0.806. The summed E-state index contributed by atoms with van der Waals surface area (Å²) in [7, 11) is -0.374. The van der Waals surface area contributed by atoms with Gasteiger partial charge in [-0.05, 0) is 71.5 Å². The summed E-state index contributed by atoms with van der Waals surface area (Å²) in [6.45, 7) is 19.2. The van der Waals surface area contributed by atoms with Gasteiger partial charge in [-0.25, -0.2) is 0 Å². The molecular weight excluding hydrogens is 635 g/mol. The lowest BCUT2D eigenvalue weighted by Gasteiger charge is -2.32. The molecule has 1 saturated heterocycles. The highest BCUT2D eigenvalue weighted by molar-refractivity contribution is 6.62. The zero-order chi connectivity index (χ0) is 35.5. The topological polar surface area (TPSA) is 119 Å². The monoisotopic (exact) mass is 698 g/mol. The molecule has 0 aromatic heterocycles. The molecule has 1 aliphatic heterocycles. The van der Waals surface area contributed by atoms with Gasteiger partial charge in [-0.1, -0.05) is 12.1 Å². The van der Waals surface area contributed by atoms with Crippen LogP contribution in [0.25, 0.3) is 0 Å². The molecule has 12 nitrogen and oxygen atoms in total. The van der Waals surface area contributed by atoms with E-state index in [1.807, 2.05) is 58.9 Å². The number of benzene rings is 1. The number of Topliss-reactive ketones (excluding diaryl/α,β-unsaturated/α-hetero) is 1. The second kappa shape index (κ2) is 27.1. The van der Waals surface area contributed by atoms with Crippen molar-refractivity contribution in [3.63, 3.8) is 0 Å². The Bertz CT molecular complexity index is 930. The van der Waals surface area contributed by atoms with Crippen molar-refractivity contribution in [2.24, 2.45) is 0 Å². The lowest BCUT2D eigenvalue weighted by atomic mass is 9.79. The van der Waals surface area contributed by atoms with Gasteiger partial charge in [-0.3, -0.25) is 4.79 Å². The van der Waals surface area contributed by atoms with Crippen molar-refractivity contribution in [1.29, 1.82) is 0 Å². The third-order valence-corrected chi connectivity index (χ3v) is 8.11. The van der Waals surface area contributed by atoms with Crippen LogP contribution in [0.1, 0.15) is 66.7 Å². The molecule has 1 aromatic rings. The van der Waals surface area contributed by atoms with Crippen LogP contribution in [0.4, 0.5) is 0 Å². The van der Waals surface area contributed by atoms with Gasteiger partial charge in [0, 0.05) is 19.4 Å². The SMILES string of the molecule is CCOCCOCCOCCOCCOCCOCCOCCOCCC(=O)CCCCCOc1ccc(B2OC(C)(C)C(C)(C)O2)cc1. The van der Waals surface area contributed by atoms with Crippen LogP contribution in [0.5, 0.6) is 5.75 Å². The molecule has 1 heterocycles. The van der Waals surface area contributed by atoms with E-state index in [2.05, 4.69) is 0 Å². The van der Waals surface area contributed by atoms with Crippen molar-refractivity contribution < 1.29 is 56.7 Å². The van der Waals surface area contributed by atoms with Gasteiger partial charge < -0.3 is 51.9 Å². The molecule has 13 heteroatoms. The Kier molecular flexibility index (Phi) is 24.0. The summed E-state index contributed by atoms with van der Waals surface area (Å²) in [4.78, 5) is 12.1. The number of carbonyl (C=O) groups is 1. The third-order valence-electron chi connectivity index (χ3n) is 8.11. The quantitative estimate of drug-likeness (QED) is 0.0779. The summed E-state index contributed by atoms with van der Waals surface area (Å²) in [6.07, 6.45) is 3.69. The van der Waals surface area contributed by atoms with E-state index in [1.165, 1.54) is 0 Å². The minimum atomic E-state index is -0.374. The van der Waals surface area contributed by atoms with Gasteiger partial charge in [0.2, 0.25) is 0 Å². The van der Waals surface area contributed by atoms with Crippen LogP contribution in [0, 0.1) is 0 Å². The van der Waals surface area contributed by atoms with Crippen molar-refractivity contribution in [2.75, 3.05) is 112 Å². The standard InChI is InChI=1S/C36H63BO12/c1-6-39-18-19-41-22-23-43-26-27-45-30-31-46-29-28-44-25-24-42-21-20-40-17-15-33(38)10-8-7-9-16-47-34-13-11-32(12-14-34)37-48-35(2,3)36(4,5)49-37/h11-14H,6-10,15-31H2,1-5H3. The summed E-state index contributed by atoms with van der Waals surface area (Å²) < 4.78 is 61.5. The van der Waals surface area contributed by atoms with Gasteiger partial charge in [-0.15, -0.1) is 0 Å². The lowest BCUT2D eigenvalue weighted by Crippen LogP contribution is -2.41. The predicted octanol–water partition coefficient (Wildman–Crippen LogP) is 4.04. The average molecular weight is 699 g/mol. The Morgan fingerprint density at radius 3 is 1.37 bits per heavy atom. The minimum absolute atomic E-state index is 0.224. The average Bonchev–Trinajstić information content (AvgIpc) is 3.30. The van der Waals surface area contributed by atoms with Crippen LogP contribution < -0.4 is 10.2 Å². The summed E-state index contributed by atoms with van der Waals surface area (Å²) in [5.41, 5.74) is 0.258. The first-order valence-corrected chi connectivity index (χ1v) is 18.0. The molecule has 49 heavy (non-hydrogen) atoms. The molecule has 0 radical (unpaired) electrons. The van der Waals surface area contributed by atoms with E-state index >= 15 is 0 Å². The molecule has 1 aliphatic rings. The molecule has 2 rings (SSSR count). The Balaban J connectivity index is 1.26. The normalized spacial score (nSPS) is 15.2. The predicted molar refractivity (Wildman–Crippen MR) is 188 cm³/mol. The molecule has 1 aromatic carbocycles. The van der Waals surface area contributed by atoms with E-state index in [-0.39, 0.29) is 24.1 Å². The number of hydrogen-bond acceptors (Lipinski definition) is 12. The van der Waals surface area contributed by atoms with Crippen LogP contribution in [0.15, 0.2) is 24.3 Å². The summed E-state index contributed by atoms with van der Waals surface area (Å²) in [6, 6.07) is 7.87. The van der Waals surface area contributed by atoms with Gasteiger partial charge in [0.15, 0.2) is 0 Å². The van der Waals surface area contributed by atoms with E-state index in [0.29, 0.717) is 125 Å². The Hall–Kier alpha value is -1.65. The Labute approximate surface area is 295 Å². The summed E-state index contributed by atoms with van der Waals surface area (Å²) >= 11 is 0. The van der Waals surface area contributed by atoms with Crippen LogP contribution in [-0.2, 0) is 52.0 Å². The fourth-order valence-corrected chi connectivity index (χ4v) is 4.49. The van der Waals surface area contributed by atoms with Gasteiger partial charge in [-0.2, -0.15) is 0 Å². The van der Waals surface area contributed by atoms with Crippen molar-refractivity contribution in [1.82, 2.24) is 0 Å². The second-order valence-corrected chi connectivity index (χ2v) is 12.6. The maximum absolute atomic E-state index is 12.1. The maximum atomic E-state index is 12.1. The van der Waals surface area contributed by atoms with Crippen molar-refractivity contribution >= 4 is 18.4 Å². The lowest BCUT2D eigenvalue weighted by molar-refractivity contribution is -0.120. The number of ether oxygens (including phenoxy) is 9. The van der Waals surface area contributed by atoms with E-state index in [1.54, 1.807) is 0 Å². The highest BCUT2D eigenvalue weighted by atomic mass is 16.7. The molecule has 282 valence electrons.